The molecule has 2 atom stereocenters. The molecule has 0 heterocycles. The van der Waals surface area contributed by atoms with Gasteiger partial charge in [0.25, 0.3) is 11.8 Å². The van der Waals surface area contributed by atoms with Crippen molar-refractivity contribution in [2.24, 2.45) is 0 Å². The lowest BCUT2D eigenvalue weighted by molar-refractivity contribution is -0.133. The van der Waals surface area contributed by atoms with E-state index in [1.807, 2.05) is 0 Å². The predicted octanol–water partition coefficient (Wildman–Crippen LogP) is 1.99. The summed E-state index contributed by atoms with van der Waals surface area (Å²) in [6.07, 6.45) is -1.23. The van der Waals surface area contributed by atoms with Crippen molar-refractivity contribution < 1.29 is 28.7 Å². The molecule has 0 aliphatic heterocycles. The van der Waals surface area contributed by atoms with E-state index in [1.54, 1.807) is 0 Å². The van der Waals surface area contributed by atoms with Crippen molar-refractivity contribution in [1.29, 1.82) is 0 Å². The molecule has 0 radical (unpaired) electrons. The van der Waals surface area contributed by atoms with Crippen LogP contribution in [0.2, 0.25) is 0 Å². The maximum atomic E-state index is 13.5. The second kappa shape index (κ2) is 10.2. The molecule has 0 fully saturated rings. The Hall–Kier alpha value is -3.28. The fraction of sp³-hybridized carbons (Fsp3) is 0.200. The maximum Gasteiger partial charge on any atom is 0.268 e. The molecule has 28 heavy (non-hydrogen) atoms. The fourth-order valence-corrected chi connectivity index (χ4v) is 2.13. The first-order valence-corrected chi connectivity index (χ1v) is 7.82. The Balaban J connectivity index is 0.00000392. The van der Waals surface area contributed by atoms with Crippen LogP contribution in [0, 0.1) is 23.5 Å². The maximum absolute atomic E-state index is 13.5. The quantitative estimate of drug-likeness (QED) is 0.365. The van der Waals surface area contributed by atoms with Crippen LogP contribution in [0.4, 0.5) is 8.78 Å². The Morgan fingerprint density at radius 1 is 1.07 bits per heavy atom. The second-order valence-corrected chi connectivity index (χ2v) is 5.62. The van der Waals surface area contributed by atoms with Crippen LogP contribution in [0.15, 0.2) is 42.5 Å². The average Bonchev–Trinajstić information content (AvgIpc) is 2.64. The van der Waals surface area contributed by atoms with Gasteiger partial charge in [-0.05, 0) is 43.3 Å². The van der Waals surface area contributed by atoms with E-state index in [4.69, 9.17) is 5.21 Å². The first-order valence-electron chi connectivity index (χ1n) is 7.82. The van der Waals surface area contributed by atoms with Crippen LogP contribution in [0.1, 0.15) is 35.8 Å². The highest BCUT2D eigenvalue weighted by atomic mass is 19.1. The standard InChI is InChI=1S/C19H16F2N2O4.CH4/c1-11(24)17(19(26)23-27)22-18(25)14-6-3-12(4-7-14)2-5-13-8-9-15(20)10-16(13)21;/h3-4,6-11,17,24,27H,1H3,(H,22,25)(H,23,26);1H4/t11-,17+;/m1./s1. The zero-order chi connectivity index (χ0) is 20.0. The van der Waals surface area contributed by atoms with E-state index in [0.29, 0.717) is 5.56 Å². The van der Waals surface area contributed by atoms with E-state index in [0.717, 1.165) is 12.1 Å². The Labute approximate surface area is 161 Å². The lowest BCUT2D eigenvalue weighted by Crippen LogP contribution is -2.51. The van der Waals surface area contributed by atoms with Gasteiger partial charge in [0.05, 0.1) is 11.7 Å². The molecule has 0 spiro atoms. The molecule has 0 aliphatic rings. The molecule has 148 valence electrons. The molecule has 2 aromatic rings. The lowest BCUT2D eigenvalue weighted by atomic mass is 10.1. The largest absolute Gasteiger partial charge is 0.391 e. The lowest BCUT2D eigenvalue weighted by Gasteiger charge is -2.19. The molecule has 0 aliphatic carbocycles. The van der Waals surface area contributed by atoms with Gasteiger partial charge in [-0.2, -0.15) is 0 Å². The van der Waals surface area contributed by atoms with Crippen LogP contribution in [0.3, 0.4) is 0 Å². The van der Waals surface area contributed by atoms with E-state index < -0.39 is 35.6 Å². The number of benzene rings is 2. The topological polar surface area (TPSA) is 98.7 Å². The molecule has 0 unspecified atom stereocenters. The first kappa shape index (κ1) is 22.8. The number of halogens is 2. The number of aliphatic hydroxyl groups is 1. The number of nitrogens with one attached hydrogen (secondary N) is 2. The zero-order valence-electron chi connectivity index (χ0n) is 14.2. The van der Waals surface area contributed by atoms with Crippen molar-refractivity contribution in [3.8, 4) is 11.8 Å². The van der Waals surface area contributed by atoms with Gasteiger partial charge in [-0.3, -0.25) is 14.8 Å². The molecule has 6 nitrogen and oxygen atoms in total. The normalized spacial score (nSPS) is 11.9. The highest BCUT2D eigenvalue weighted by molar-refractivity contribution is 5.97. The second-order valence-electron chi connectivity index (χ2n) is 5.62. The number of aliphatic hydroxyl groups excluding tert-OH is 1. The number of carbonyl (C=O) groups excluding carboxylic acids is 2. The third kappa shape index (κ3) is 5.87. The minimum atomic E-state index is -1.33. The summed E-state index contributed by atoms with van der Waals surface area (Å²) in [4.78, 5) is 23.6. The summed E-state index contributed by atoms with van der Waals surface area (Å²) >= 11 is 0. The highest BCUT2D eigenvalue weighted by Crippen LogP contribution is 2.09. The van der Waals surface area contributed by atoms with Gasteiger partial charge in [-0.1, -0.05) is 19.3 Å². The molecule has 4 N–H and O–H groups in total. The van der Waals surface area contributed by atoms with Crippen LogP contribution in [-0.4, -0.2) is 34.3 Å². The minimum Gasteiger partial charge on any atom is -0.391 e. The third-order valence-electron chi connectivity index (χ3n) is 3.58. The summed E-state index contributed by atoms with van der Waals surface area (Å²) in [6, 6.07) is 7.59. The minimum absolute atomic E-state index is 0. The molecule has 0 aromatic heterocycles. The van der Waals surface area contributed by atoms with Crippen LogP contribution >= 0.6 is 0 Å². The molecular weight excluding hydrogens is 370 g/mol. The summed E-state index contributed by atoms with van der Waals surface area (Å²) in [5, 5.41) is 20.4. The number of carbonyl (C=O) groups is 2. The van der Waals surface area contributed by atoms with Crippen molar-refractivity contribution in [3.63, 3.8) is 0 Å². The summed E-state index contributed by atoms with van der Waals surface area (Å²) in [7, 11) is 0. The van der Waals surface area contributed by atoms with E-state index in [2.05, 4.69) is 17.2 Å². The van der Waals surface area contributed by atoms with Gasteiger partial charge in [0, 0.05) is 17.2 Å². The number of hydrogen-bond acceptors (Lipinski definition) is 4. The van der Waals surface area contributed by atoms with Crippen LogP contribution in [0.5, 0.6) is 0 Å². The van der Waals surface area contributed by atoms with Crippen molar-refractivity contribution >= 4 is 11.8 Å². The van der Waals surface area contributed by atoms with Gasteiger partial charge in [-0.15, -0.1) is 0 Å². The molecule has 0 saturated heterocycles. The predicted molar refractivity (Wildman–Crippen MR) is 98.4 cm³/mol. The summed E-state index contributed by atoms with van der Waals surface area (Å²) in [5.41, 5.74) is 2.07. The van der Waals surface area contributed by atoms with Crippen LogP contribution in [0.25, 0.3) is 0 Å². The summed E-state index contributed by atoms with van der Waals surface area (Å²) < 4.78 is 26.4. The number of rotatable bonds is 4. The van der Waals surface area contributed by atoms with E-state index in [1.165, 1.54) is 42.7 Å². The Morgan fingerprint density at radius 3 is 2.25 bits per heavy atom. The Kier molecular flexibility index (Phi) is 8.26. The van der Waals surface area contributed by atoms with Crippen molar-refractivity contribution in [2.45, 2.75) is 26.5 Å². The first-order chi connectivity index (χ1) is 12.8. The smallest absolute Gasteiger partial charge is 0.268 e. The van der Waals surface area contributed by atoms with Crippen molar-refractivity contribution in [3.05, 3.63) is 70.8 Å². The van der Waals surface area contributed by atoms with Gasteiger partial charge in [0.1, 0.15) is 17.7 Å². The third-order valence-corrected chi connectivity index (χ3v) is 3.58. The number of hydroxylamine groups is 1. The molecule has 2 aromatic carbocycles. The Morgan fingerprint density at radius 2 is 1.71 bits per heavy atom. The van der Waals surface area contributed by atoms with E-state index >= 15 is 0 Å². The summed E-state index contributed by atoms with van der Waals surface area (Å²) in [5.74, 6) is 2.19. The van der Waals surface area contributed by atoms with Crippen molar-refractivity contribution in [2.75, 3.05) is 0 Å². The highest BCUT2D eigenvalue weighted by Gasteiger charge is 2.25. The summed E-state index contributed by atoms with van der Waals surface area (Å²) in [6.45, 7) is 1.29. The Bertz CT molecular complexity index is 903. The number of amides is 2. The van der Waals surface area contributed by atoms with Crippen molar-refractivity contribution in [1.82, 2.24) is 10.8 Å². The molecule has 0 bridgehead atoms. The zero-order valence-corrected chi connectivity index (χ0v) is 14.2. The number of hydrogen-bond donors (Lipinski definition) is 4. The van der Waals surface area contributed by atoms with Gasteiger partial charge < -0.3 is 10.4 Å². The SMILES string of the molecule is C.C[C@@H](O)[C@H](NC(=O)c1ccc(C#Cc2ccc(F)cc2F)cc1)C(=O)NO. The van der Waals surface area contributed by atoms with Gasteiger partial charge >= 0.3 is 0 Å². The fourth-order valence-electron chi connectivity index (χ4n) is 2.13. The van der Waals surface area contributed by atoms with E-state index in [-0.39, 0.29) is 18.6 Å². The molecule has 2 rings (SSSR count). The van der Waals surface area contributed by atoms with Gasteiger partial charge in [0.15, 0.2) is 0 Å². The molecule has 8 heteroatoms. The molecular formula is C20H20F2N2O4. The van der Waals surface area contributed by atoms with Gasteiger partial charge in [-0.25, -0.2) is 14.3 Å². The molecule has 2 amide bonds. The monoisotopic (exact) mass is 390 g/mol. The average molecular weight is 390 g/mol. The van der Waals surface area contributed by atoms with E-state index in [9.17, 15) is 23.5 Å². The van der Waals surface area contributed by atoms with Gasteiger partial charge in [0.2, 0.25) is 0 Å². The molecule has 0 saturated carbocycles. The van der Waals surface area contributed by atoms with Crippen LogP contribution in [-0.2, 0) is 4.79 Å². The van der Waals surface area contributed by atoms with Crippen LogP contribution < -0.4 is 10.8 Å².